The monoisotopic (exact) mass is 543 g/mol. The van der Waals surface area contributed by atoms with E-state index >= 15 is 0 Å². The number of hydrogen-bond acceptors (Lipinski definition) is 5. The van der Waals surface area contributed by atoms with Crippen LogP contribution in [0.1, 0.15) is 15.9 Å². The zero-order chi connectivity index (χ0) is 26.4. The predicted molar refractivity (Wildman–Crippen MR) is 152 cm³/mol. The molecule has 6 nitrogen and oxygen atoms in total. The number of hydrogen-bond donors (Lipinski definition) is 1. The van der Waals surface area contributed by atoms with E-state index in [0.29, 0.717) is 43.2 Å². The molecule has 1 saturated heterocycles. The zero-order valence-corrected chi connectivity index (χ0v) is 22.5. The van der Waals surface area contributed by atoms with E-state index in [1.165, 1.54) is 0 Å². The van der Waals surface area contributed by atoms with Crippen molar-refractivity contribution in [3.05, 3.63) is 120 Å². The van der Waals surface area contributed by atoms with E-state index in [-0.39, 0.29) is 5.91 Å². The van der Waals surface area contributed by atoms with Gasteiger partial charge < -0.3 is 5.32 Å². The minimum atomic E-state index is -3.46. The Morgan fingerprint density at radius 1 is 0.737 bits per heavy atom. The lowest BCUT2D eigenvalue weighted by Crippen LogP contribution is -2.48. The number of anilines is 1. The van der Waals surface area contributed by atoms with Crippen LogP contribution in [0.25, 0.3) is 0 Å². The highest BCUT2D eigenvalue weighted by atomic mass is 32.2. The second-order valence-corrected chi connectivity index (χ2v) is 12.1. The summed E-state index contributed by atoms with van der Waals surface area (Å²) >= 11 is 1.61. The van der Waals surface area contributed by atoms with E-state index in [9.17, 15) is 13.2 Å². The number of sulfonamides is 1. The number of carbonyl (C=O) groups is 1. The Morgan fingerprint density at radius 2 is 1.34 bits per heavy atom. The molecule has 1 fully saturated rings. The van der Waals surface area contributed by atoms with E-state index in [0.717, 1.165) is 21.0 Å². The quantitative estimate of drug-likeness (QED) is 0.314. The SMILES string of the molecule is O=C(Nc1ccccc1Sc1ccccc1)c1ccc(CN2CCN(S(=O)(=O)c3ccccc3)CC2)cc1. The van der Waals surface area contributed by atoms with Crippen LogP contribution in [0.3, 0.4) is 0 Å². The zero-order valence-electron chi connectivity index (χ0n) is 20.9. The molecule has 38 heavy (non-hydrogen) atoms. The normalized spacial score (nSPS) is 14.7. The second kappa shape index (κ2) is 12.0. The Kier molecular flexibility index (Phi) is 8.24. The maximum atomic E-state index is 13.0. The van der Waals surface area contributed by atoms with Gasteiger partial charge in [0.2, 0.25) is 10.0 Å². The third kappa shape index (κ3) is 6.34. The molecular formula is C30H29N3O3S2. The van der Waals surface area contributed by atoms with Crippen LogP contribution in [-0.2, 0) is 16.6 Å². The fourth-order valence-corrected chi connectivity index (χ4v) is 6.72. The first-order chi connectivity index (χ1) is 18.5. The molecule has 1 N–H and O–H groups in total. The number of amides is 1. The number of nitrogens with zero attached hydrogens (tertiary/aromatic N) is 2. The molecule has 4 aromatic rings. The fourth-order valence-electron chi connectivity index (χ4n) is 4.36. The Labute approximate surface area is 228 Å². The Bertz CT molecular complexity index is 1470. The molecule has 0 bridgehead atoms. The molecule has 4 aromatic carbocycles. The predicted octanol–water partition coefficient (Wildman–Crippen LogP) is 5.60. The van der Waals surface area contributed by atoms with Gasteiger partial charge in [-0.05, 0) is 54.1 Å². The molecule has 5 rings (SSSR count). The summed E-state index contributed by atoms with van der Waals surface area (Å²) in [4.78, 5) is 17.6. The molecular weight excluding hydrogens is 514 g/mol. The van der Waals surface area contributed by atoms with E-state index in [1.54, 1.807) is 40.3 Å². The molecule has 1 aliphatic rings. The number of benzene rings is 4. The van der Waals surface area contributed by atoms with Crippen molar-refractivity contribution < 1.29 is 13.2 Å². The fraction of sp³-hybridized carbons (Fsp3) is 0.167. The summed E-state index contributed by atoms with van der Waals surface area (Å²) in [6.07, 6.45) is 0. The number of rotatable bonds is 8. The number of piperazine rings is 1. The standard InChI is InChI=1S/C30H29N3O3S2/c34-30(31-28-13-7-8-14-29(28)37-26-9-3-1-4-10-26)25-17-15-24(16-18-25)23-32-19-21-33(22-20-32)38(35,36)27-11-5-2-6-12-27/h1-18H,19-23H2,(H,31,34). The number of para-hydroxylation sites is 1. The molecule has 0 aromatic heterocycles. The van der Waals surface area contributed by atoms with Gasteiger partial charge in [0.25, 0.3) is 5.91 Å². The summed E-state index contributed by atoms with van der Waals surface area (Å²) in [5.41, 5.74) is 2.45. The summed E-state index contributed by atoms with van der Waals surface area (Å²) in [6.45, 7) is 2.93. The highest BCUT2D eigenvalue weighted by Crippen LogP contribution is 2.33. The Morgan fingerprint density at radius 3 is 2.03 bits per heavy atom. The molecule has 0 saturated carbocycles. The van der Waals surface area contributed by atoms with Crippen molar-refractivity contribution in [3.63, 3.8) is 0 Å². The van der Waals surface area contributed by atoms with Crippen LogP contribution >= 0.6 is 11.8 Å². The summed E-state index contributed by atoms with van der Waals surface area (Å²) in [6, 6.07) is 34.1. The maximum absolute atomic E-state index is 13.0. The lowest BCUT2D eigenvalue weighted by Gasteiger charge is -2.34. The van der Waals surface area contributed by atoms with Crippen molar-refractivity contribution >= 4 is 33.4 Å². The van der Waals surface area contributed by atoms with Gasteiger partial charge in [-0.25, -0.2) is 8.42 Å². The first kappa shape index (κ1) is 26.2. The Hall–Kier alpha value is -3.43. The minimum Gasteiger partial charge on any atom is -0.321 e. The van der Waals surface area contributed by atoms with E-state index < -0.39 is 10.0 Å². The first-order valence-electron chi connectivity index (χ1n) is 12.5. The van der Waals surface area contributed by atoms with Crippen LogP contribution in [0, 0.1) is 0 Å². The van der Waals surface area contributed by atoms with E-state index in [1.807, 2.05) is 84.9 Å². The molecule has 0 radical (unpaired) electrons. The van der Waals surface area contributed by atoms with Crippen LogP contribution < -0.4 is 5.32 Å². The molecule has 0 spiro atoms. The van der Waals surface area contributed by atoms with Gasteiger partial charge in [-0.3, -0.25) is 9.69 Å². The third-order valence-electron chi connectivity index (χ3n) is 6.44. The Balaban J connectivity index is 1.16. The largest absolute Gasteiger partial charge is 0.321 e. The van der Waals surface area contributed by atoms with Crippen molar-refractivity contribution in [3.8, 4) is 0 Å². The van der Waals surface area contributed by atoms with Crippen molar-refractivity contribution in [1.82, 2.24) is 9.21 Å². The van der Waals surface area contributed by atoms with Gasteiger partial charge in [-0.2, -0.15) is 4.31 Å². The van der Waals surface area contributed by atoms with Gasteiger partial charge in [0.05, 0.1) is 10.6 Å². The molecule has 0 unspecified atom stereocenters. The molecule has 1 heterocycles. The van der Waals surface area contributed by atoms with Gasteiger partial charge in [0.15, 0.2) is 0 Å². The molecule has 1 amide bonds. The van der Waals surface area contributed by atoms with Gasteiger partial charge in [0.1, 0.15) is 0 Å². The summed E-state index contributed by atoms with van der Waals surface area (Å²) in [5.74, 6) is -0.155. The number of nitrogens with one attached hydrogen (secondary N) is 1. The molecule has 8 heteroatoms. The van der Waals surface area contributed by atoms with Gasteiger partial charge in [-0.15, -0.1) is 0 Å². The second-order valence-electron chi connectivity index (χ2n) is 9.06. The average molecular weight is 544 g/mol. The third-order valence-corrected chi connectivity index (χ3v) is 9.44. The molecule has 194 valence electrons. The lowest BCUT2D eigenvalue weighted by molar-refractivity contribution is 0.102. The minimum absolute atomic E-state index is 0.155. The van der Waals surface area contributed by atoms with Crippen LogP contribution in [-0.4, -0.2) is 49.7 Å². The van der Waals surface area contributed by atoms with Gasteiger partial charge >= 0.3 is 0 Å². The summed E-state index contributed by atoms with van der Waals surface area (Å²) in [5, 5.41) is 3.05. The summed E-state index contributed by atoms with van der Waals surface area (Å²) < 4.78 is 27.3. The maximum Gasteiger partial charge on any atom is 0.255 e. The average Bonchev–Trinajstić information content (AvgIpc) is 2.96. The van der Waals surface area contributed by atoms with Crippen LogP contribution in [0.4, 0.5) is 5.69 Å². The molecule has 0 atom stereocenters. The van der Waals surface area contributed by atoms with Crippen molar-refractivity contribution in [2.75, 3.05) is 31.5 Å². The van der Waals surface area contributed by atoms with E-state index in [2.05, 4.69) is 10.2 Å². The van der Waals surface area contributed by atoms with Crippen LogP contribution in [0.5, 0.6) is 0 Å². The molecule has 1 aliphatic heterocycles. The lowest BCUT2D eigenvalue weighted by atomic mass is 10.1. The first-order valence-corrected chi connectivity index (χ1v) is 14.7. The van der Waals surface area contributed by atoms with Crippen molar-refractivity contribution in [2.24, 2.45) is 0 Å². The van der Waals surface area contributed by atoms with Crippen LogP contribution in [0.2, 0.25) is 0 Å². The smallest absolute Gasteiger partial charge is 0.255 e. The van der Waals surface area contributed by atoms with E-state index in [4.69, 9.17) is 0 Å². The highest BCUT2D eigenvalue weighted by molar-refractivity contribution is 7.99. The van der Waals surface area contributed by atoms with Gasteiger partial charge in [0, 0.05) is 48.1 Å². The summed E-state index contributed by atoms with van der Waals surface area (Å²) in [7, 11) is -3.46. The van der Waals surface area contributed by atoms with Crippen LogP contribution in [0.15, 0.2) is 124 Å². The number of carbonyl (C=O) groups excluding carboxylic acids is 1. The van der Waals surface area contributed by atoms with Gasteiger partial charge in [-0.1, -0.05) is 72.4 Å². The van der Waals surface area contributed by atoms with Crippen molar-refractivity contribution in [1.29, 1.82) is 0 Å². The molecule has 0 aliphatic carbocycles. The van der Waals surface area contributed by atoms with Crippen molar-refractivity contribution in [2.45, 2.75) is 21.2 Å². The highest BCUT2D eigenvalue weighted by Gasteiger charge is 2.28. The topological polar surface area (TPSA) is 69.7 Å².